The highest BCUT2D eigenvalue weighted by Gasteiger charge is 2.38. The van der Waals surface area contributed by atoms with E-state index >= 15 is 0 Å². The smallest absolute Gasteiger partial charge is 0.109 e. The van der Waals surface area contributed by atoms with Crippen molar-refractivity contribution in [2.45, 2.75) is 64.4 Å². The van der Waals surface area contributed by atoms with E-state index in [9.17, 15) is 5.26 Å². The molecular weight excluding hydrogens is 322 g/mol. The second-order valence-electron chi connectivity index (χ2n) is 7.68. The maximum absolute atomic E-state index is 10.1. The molecule has 0 saturated carbocycles. The van der Waals surface area contributed by atoms with Crippen molar-refractivity contribution in [1.29, 1.82) is 5.26 Å². The topological polar surface area (TPSA) is 58.8 Å². The lowest BCUT2D eigenvalue weighted by molar-refractivity contribution is 0.0129. The van der Waals surface area contributed by atoms with Crippen LogP contribution >= 0.6 is 0 Å². The summed E-state index contributed by atoms with van der Waals surface area (Å²) in [5, 5.41) is 10.1. The number of ether oxygens (including phenoxy) is 1. The molecule has 2 aromatic rings. The zero-order valence-corrected chi connectivity index (χ0v) is 15.6. The maximum atomic E-state index is 10.1. The Kier molecular flexibility index (Phi) is 4.50. The van der Waals surface area contributed by atoms with E-state index in [1.165, 1.54) is 12.0 Å². The first kappa shape index (κ1) is 17.2. The van der Waals surface area contributed by atoms with Gasteiger partial charge >= 0.3 is 0 Å². The summed E-state index contributed by atoms with van der Waals surface area (Å²) >= 11 is 0. The normalized spacial score (nSPS) is 22.5. The molecule has 4 nitrogen and oxygen atoms in total. The summed E-state index contributed by atoms with van der Waals surface area (Å²) in [6.45, 7) is 4.83. The average Bonchev–Trinajstić information content (AvgIpc) is 2.95. The van der Waals surface area contributed by atoms with Crippen molar-refractivity contribution < 1.29 is 4.74 Å². The van der Waals surface area contributed by atoms with Gasteiger partial charge in [0.2, 0.25) is 0 Å². The van der Waals surface area contributed by atoms with Crippen molar-refractivity contribution in [1.82, 2.24) is 9.97 Å². The summed E-state index contributed by atoms with van der Waals surface area (Å²) in [4.78, 5) is 9.39. The Morgan fingerprint density at radius 2 is 2.04 bits per heavy atom. The highest BCUT2D eigenvalue weighted by Crippen LogP contribution is 2.42. The fourth-order valence-electron chi connectivity index (χ4n) is 4.40. The van der Waals surface area contributed by atoms with Crippen LogP contribution in [0.15, 0.2) is 18.3 Å². The first-order chi connectivity index (χ1) is 12.6. The molecule has 1 fully saturated rings. The molecule has 0 unspecified atom stereocenters. The molecule has 2 aliphatic rings. The predicted molar refractivity (Wildman–Crippen MR) is 101 cm³/mol. The monoisotopic (exact) mass is 347 g/mol. The standard InChI is InChI=1S/C22H25N3O/c1-15-13-16(9-11-24-15)20-17-7-4-3-5-8-19(17)25-21(18(20)14-23)22(2)10-6-12-26-22/h9,11,13H,3-8,10,12H2,1-2H3/t22-/m1/s1. The van der Waals surface area contributed by atoms with Gasteiger partial charge in [-0.25, -0.2) is 0 Å². The number of pyridine rings is 2. The Balaban J connectivity index is 2.02. The van der Waals surface area contributed by atoms with Crippen LogP contribution in [0.3, 0.4) is 0 Å². The molecule has 1 aliphatic heterocycles. The SMILES string of the molecule is Cc1cc(-c2c(C#N)c([C@@]3(C)CCCO3)nc3c2CCCCC3)ccn1. The minimum absolute atomic E-state index is 0.455. The quantitative estimate of drug-likeness (QED) is 0.744. The first-order valence-electron chi connectivity index (χ1n) is 9.66. The van der Waals surface area contributed by atoms with E-state index in [-0.39, 0.29) is 0 Å². The average molecular weight is 347 g/mol. The molecule has 4 rings (SSSR count). The van der Waals surface area contributed by atoms with Gasteiger partial charge in [0, 0.05) is 29.8 Å². The molecule has 0 N–H and O–H groups in total. The summed E-state index contributed by atoms with van der Waals surface area (Å²) in [5.41, 5.74) is 6.61. The number of nitrogens with zero attached hydrogens (tertiary/aromatic N) is 3. The van der Waals surface area contributed by atoms with E-state index in [0.29, 0.717) is 5.56 Å². The van der Waals surface area contributed by atoms with Gasteiger partial charge in [0.1, 0.15) is 11.7 Å². The molecule has 0 spiro atoms. The molecule has 0 radical (unpaired) electrons. The van der Waals surface area contributed by atoms with Gasteiger partial charge < -0.3 is 4.74 Å². The van der Waals surface area contributed by atoms with Crippen LogP contribution in [0.2, 0.25) is 0 Å². The summed E-state index contributed by atoms with van der Waals surface area (Å²) in [5.74, 6) is 0. The third kappa shape index (κ3) is 2.91. The zero-order chi connectivity index (χ0) is 18.1. The van der Waals surface area contributed by atoms with Gasteiger partial charge in [-0.2, -0.15) is 5.26 Å². The van der Waals surface area contributed by atoms with E-state index < -0.39 is 5.60 Å². The van der Waals surface area contributed by atoms with E-state index in [0.717, 1.165) is 73.3 Å². The Hall–Kier alpha value is -2.25. The molecule has 4 heteroatoms. The van der Waals surface area contributed by atoms with Crippen LogP contribution in [0, 0.1) is 18.3 Å². The number of fused-ring (bicyclic) bond motifs is 1. The van der Waals surface area contributed by atoms with Crippen molar-refractivity contribution in [3.05, 3.63) is 46.5 Å². The Labute approximate surface area is 155 Å². The maximum Gasteiger partial charge on any atom is 0.109 e. The van der Waals surface area contributed by atoms with Gasteiger partial charge in [-0.05, 0) is 75.6 Å². The zero-order valence-electron chi connectivity index (χ0n) is 15.6. The van der Waals surface area contributed by atoms with Gasteiger partial charge in [-0.3, -0.25) is 9.97 Å². The number of aromatic nitrogens is 2. The van der Waals surface area contributed by atoms with Crippen LogP contribution in [0.25, 0.3) is 11.1 Å². The van der Waals surface area contributed by atoms with Crippen LogP contribution in [-0.4, -0.2) is 16.6 Å². The van der Waals surface area contributed by atoms with Gasteiger partial charge in [-0.15, -0.1) is 0 Å². The summed E-state index contributed by atoms with van der Waals surface area (Å²) in [7, 11) is 0. The third-order valence-electron chi connectivity index (χ3n) is 5.74. The van der Waals surface area contributed by atoms with Gasteiger partial charge in [0.05, 0.1) is 11.3 Å². The van der Waals surface area contributed by atoms with Gasteiger partial charge in [0.25, 0.3) is 0 Å². The van der Waals surface area contributed by atoms with E-state index in [1.807, 2.05) is 19.2 Å². The number of aryl methyl sites for hydroxylation is 2. The lowest BCUT2D eigenvalue weighted by Crippen LogP contribution is -2.25. The van der Waals surface area contributed by atoms with E-state index in [2.05, 4.69) is 24.0 Å². The second-order valence-corrected chi connectivity index (χ2v) is 7.68. The lowest BCUT2D eigenvalue weighted by Gasteiger charge is -2.27. The predicted octanol–water partition coefficient (Wildman–Crippen LogP) is 4.62. The van der Waals surface area contributed by atoms with Crippen molar-refractivity contribution in [3.63, 3.8) is 0 Å². The second kappa shape index (κ2) is 6.81. The fraction of sp³-hybridized carbons (Fsp3) is 0.500. The molecule has 1 atom stereocenters. The number of hydrogen-bond donors (Lipinski definition) is 0. The summed E-state index contributed by atoms with van der Waals surface area (Å²) in [6.07, 6.45) is 9.29. The Morgan fingerprint density at radius 1 is 1.19 bits per heavy atom. The summed E-state index contributed by atoms with van der Waals surface area (Å²) < 4.78 is 6.08. The van der Waals surface area contributed by atoms with Gasteiger partial charge in [-0.1, -0.05) is 6.42 Å². The molecular formula is C22H25N3O. The van der Waals surface area contributed by atoms with Crippen molar-refractivity contribution in [2.75, 3.05) is 6.61 Å². The molecule has 134 valence electrons. The van der Waals surface area contributed by atoms with Crippen molar-refractivity contribution in [3.8, 4) is 17.2 Å². The summed E-state index contributed by atoms with van der Waals surface area (Å²) in [6, 6.07) is 6.60. The highest BCUT2D eigenvalue weighted by atomic mass is 16.5. The van der Waals surface area contributed by atoms with Gasteiger partial charge in [0.15, 0.2) is 0 Å². The third-order valence-corrected chi connectivity index (χ3v) is 5.74. The molecule has 0 amide bonds. The first-order valence-corrected chi connectivity index (χ1v) is 9.66. The fourth-order valence-corrected chi connectivity index (χ4v) is 4.40. The largest absolute Gasteiger partial charge is 0.369 e. The number of hydrogen-bond acceptors (Lipinski definition) is 4. The van der Waals surface area contributed by atoms with Crippen LogP contribution in [0.4, 0.5) is 0 Å². The number of rotatable bonds is 2. The van der Waals surface area contributed by atoms with Crippen molar-refractivity contribution >= 4 is 0 Å². The molecule has 1 aliphatic carbocycles. The number of nitriles is 1. The van der Waals surface area contributed by atoms with Crippen LogP contribution < -0.4 is 0 Å². The minimum atomic E-state index is -0.455. The van der Waals surface area contributed by atoms with Crippen LogP contribution in [0.1, 0.15) is 67.2 Å². The van der Waals surface area contributed by atoms with Crippen molar-refractivity contribution in [2.24, 2.45) is 0 Å². The minimum Gasteiger partial charge on any atom is -0.369 e. The molecule has 3 heterocycles. The molecule has 2 aromatic heterocycles. The van der Waals surface area contributed by atoms with Crippen LogP contribution in [-0.2, 0) is 23.2 Å². The molecule has 0 bridgehead atoms. The Morgan fingerprint density at radius 3 is 2.77 bits per heavy atom. The molecule has 0 aromatic carbocycles. The Bertz CT molecular complexity index is 876. The van der Waals surface area contributed by atoms with E-state index in [4.69, 9.17) is 9.72 Å². The molecule has 26 heavy (non-hydrogen) atoms. The highest BCUT2D eigenvalue weighted by molar-refractivity contribution is 5.76. The van der Waals surface area contributed by atoms with E-state index in [1.54, 1.807) is 0 Å². The van der Waals surface area contributed by atoms with Crippen LogP contribution in [0.5, 0.6) is 0 Å². The lowest BCUT2D eigenvalue weighted by atomic mass is 9.85. The molecule has 1 saturated heterocycles.